The molecule has 120 valence electrons. The third-order valence-corrected chi connectivity index (χ3v) is 15.6. The summed E-state index contributed by atoms with van der Waals surface area (Å²) >= 11 is 15.0. The lowest BCUT2D eigenvalue weighted by Crippen LogP contribution is -2.29. The van der Waals surface area contributed by atoms with Crippen molar-refractivity contribution in [3.63, 3.8) is 0 Å². The third-order valence-electron chi connectivity index (χ3n) is 3.08. The normalized spacial score (nSPS) is 31.9. The van der Waals surface area contributed by atoms with E-state index in [0.29, 0.717) is 0 Å². The zero-order valence-electron chi connectivity index (χ0n) is 11.1. The summed E-state index contributed by atoms with van der Waals surface area (Å²) in [5.41, 5.74) is 0. The maximum absolute atomic E-state index is 9.51. The molecule has 0 amide bonds. The van der Waals surface area contributed by atoms with Crippen molar-refractivity contribution in [1.29, 1.82) is 0 Å². The highest BCUT2D eigenvalue weighted by Crippen LogP contribution is 2.68. The van der Waals surface area contributed by atoms with Crippen molar-refractivity contribution >= 4 is 94.1 Å². The minimum absolute atomic E-state index is 0.104. The summed E-state index contributed by atoms with van der Waals surface area (Å²) in [6.45, 7) is 0.257. The van der Waals surface area contributed by atoms with Gasteiger partial charge in [-0.25, -0.2) is 0 Å². The molecule has 0 radical (unpaired) electrons. The molecular formula is C12H12O2S8. The number of aliphatic hydroxyl groups is 2. The van der Waals surface area contributed by atoms with E-state index >= 15 is 0 Å². The second-order valence-corrected chi connectivity index (χ2v) is 14.8. The molecule has 0 aliphatic carbocycles. The van der Waals surface area contributed by atoms with E-state index in [4.69, 9.17) is 0 Å². The number of aliphatic hydroxyl groups excluding tert-OH is 2. The van der Waals surface area contributed by atoms with Crippen molar-refractivity contribution in [1.82, 2.24) is 0 Å². The highest BCUT2D eigenvalue weighted by Gasteiger charge is 2.38. The molecule has 0 aromatic rings. The Morgan fingerprint density at radius 1 is 0.636 bits per heavy atom. The highest BCUT2D eigenvalue weighted by atomic mass is 32.3. The Kier molecular flexibility index (Phi) is 6.05. The first-order chi connectivity index (χ1) is 10.8. The van der Waals surface area contributed by atoms with Gasteiger partial charge in [0.2, 0.25) is 0 Å². The molecule has 0 saturated carbocycles. The van der Waals surface area contributed by atoms with Gasteiger partial charge in [-0.1, -0.05) is 47.0 Å². The fraction of sp³-hybridized carbons (Fsp3) is 0.500. The van der Waals surface area contributed by atoms with Gasteiger partial charge in [-0.2, -0.15) is 0 Å². The molecule has 4 aliphatic rings. The number of thioether (sulfide) groups is 8. The van der Waals surface area contributed by atoms with E-state index in [1.165, 1.54) is 36.9 Å². The molecule has 4 aliphatic heterocycles. The van der Waals surface area contributed by atoms with Crippen molar-refractivity contribution in [3.8, 4) is 0 Å². The minimum atomic E-state index is 0.104. The molecule has 2 nitrogen and oxygen atoms in total. The Hall–Kier alpha value is 1.94. The maximum Gasteiger partial charge on any atom is 0.0717 e. The van der Waals surface area contributed by atoms with Gasteiger partial charge in [-0.05, 0) is 0 Å². The zero-order valence-corrected chi connectivity index (χ0v) is 17.7. The molecule has 2 N–H and O–H groups in total. The van der Waals surface area contributed by atoms with Crippen molar-refractivity contribution in [3.05, 3.63) is 25.4 Å². The first kappa shape index (κ1) is 17.4. The van der Waals surface area contributed by atoms with E-state index in [2.05, 4.69) is 0 Å². The van der Waals surface area contributed by atoms with Gasteiger partial charge < -0.3 is 10.2 Å². The van der Waals surface area contributed by atoms with Gasteiger partial charge in [0.25, 0.3) is 0 Å². The number of hydrogen-bond donors (Lipinski definition) is 2. The lowest BCUT2D eigenvalue weighted by atomic mass is 10.3. The van der Waals surface area contributed by atoms with E-state index in [9.17, 15) is 10.2 Å². The van der Waals surface area contributed by atoms with E-state index < -0.39 is 0 Å². The van der Waals surface area contributed by atoms with Crippen LogP contribution in [0.25, 0.3) is 0 Å². The van der Waals surface area contributed by atoms with Gasteiger partial charge in [0, 0.05) is 22.0 Å². The van der Waals surface area contributed by atoms with Crippen molar-refractivity contribution in [2.45, 2.75) is 10.5 Å². The van der Waals surface area contributed by atoms with Gasteiger partial charge >= 0.3 is 0 Å². The standard InChI is InChI=1S/C12H12O2S8/c13-3-5-6(4-14)18-10-9(17-5)21-12(22-10)11-19-7-8(20-11)16-2-1-15-7/h5-6,13-14H,1-4H2/t5-,6-/m0/s1. The Morgan fingerprint density at radius 3 is 1.45 bits per heavy atom. The summed E-state index contributed by atoms with van der Waals surface area (Å²) < 4.78 is 8.39. The molecule has 0 aromatic carbocycles. The summed E-state index contributed by atoms with van der Waals surface area (Å²) in [7, 11) is 0. The topological polar surface area (TPSA) is 40.5 Å². The molecule has 10 heteroatoms. The Labute approximate surface area is 163 Å². The summed E-state index contributed by atoms with van der Waals surface area (Å²) in [4.78, 5) is 0. The summed E-state index contributed by atoms with van der Waals surface area (Å²) in [6.07, 6.45) is 0. The quantitative estimate of drug-likeness (QED) is 0.607. The second-order valence-electron chi connectivity index (χ2n) is 4.51. The molecular weight excluding hydrogens is 433 g/mol. The monoisotopic (exact) mass is 444 g/mol. The Bertz CT molecular complexity index is 538. The summed E-state index contributed by atoms with van der Waals surface area (Å²) in [6, 6.07) is 0. The van der Waals surface area contributed by atoms with Crippen LogP contribution in [0.15, 0.2) is 25.4 Å². The fourth-order valence-corrected chi connectivity index (χ4v) is 14.7. The Morgan fingerprint density at radius 2 is 1.05 bits per heavy atom. The Balaban J connectivity index is 1.50. The van der Waals surface area contributed by atoms with Crippen molar-refractivity contribution in [2.75, 3.05) is 24.7 Å². The van der Waals surface area contributed by atoms with E-state index in [0.717, 1.165) is 0 Å². The van der Waals surface area contributed by atoms with Crippen molar-refractivity contribution < 1.29 is 10.2 Å². The lowest BCUT2D eigenvalue weighted by molar-refractivity contribution is 0.253. The van der Waals surface area contributed by atoms with Gasteiger partial charge in [0.1, 0.15) is 0 Å². The maximum atomic E-state index is 9.51. The van der Waals surface area contributed by atoms with Crippen LogP contribution in [-0.4, -0.2) is 45.4 Å². The smallest absolute Gasteiger partial charge is 0.0717 e. The molecule has 2 atom stereocenters. The predicted octanol–water partition coefficient (Wildman–Crippen LogP) is 5.01. The van der Waals surface area contributed by atoms with Crippen LogP contribution in [-0.2, 0) is 0 Å². The van der Waals surface area contributed by atoms with Crippen LogP contribution in [0.3, 0.4) is 0 Å². The second kappa shape index (κ2) is 7.67. The molecule has 0 unspecified atom stereocenters. The SMILES string of the molecule is OC[C@@H]1SC2=C(SC(=C3SC4=C(SCCS4)S3)S2)S[C@H]1CO. The first-order valence-electron chi connectivity index (χ1n) is 6.53. The highest BCUT2D eigenvalue weighted by molar-refractivity contribution is 8.45. The average molecular weight is 445 g/mol. The molecule has 0 bridgehead atoms. The number of hydrogen-bond acceptors (Lipinski definition) is 10. The van der Waals surface area contributed by atoms with Crippen LogP contribution in [0.1, 0.15) is 0 Å². The van der Waals surface area contributed by atoms with Crippen LogP contribution in [0.2, 0.25) is 0 Å². The zero-order chi connectivity index (χ0) is 15.1. The predicted molar refractivity (Wildman–Crippen MR) is 113 cm³/mol. The lowest BCUT2D eigenvalue weighted by Gasteiger charge is -2.27. The first-order valence-corrected chi connectivity index (χ1v) is 13.5. The van der Waals surface area contributed by atoms with Crippen LogP contribution < -0.4 is 0 Å². The van der Waals surface area contributed by atoms with E-state index in [1.54, 1.807) is 23.5 Å². The van der Waals surface area contributed by atoms with Crippen LogP contribution in [0.4, 0.5) is 0 Å². The largest absolute Gasteiger partial charge is 0.395 e. The van der Waals surface area contributed by atoms with Gasteiger partial charge in [-0.3, -0.25) is 0 Å². The third kappa shape index (κ3) is 3.43. The summed E-state index contributed by atoms with van der Waals surface area (Å²) in [5.74, 6) is 2.44. The molecule has 22 heavy (non-hydrogen) atoms. The van der Waals surface area contributed by atoms with E-state index in [1.807, 2.05) is 70.6 Å². The molecule has 4 heterocycles. The minimum Gasteiger partial charge on any atom is -0.395 e. The number of rotatable bonds is 2. The molecule has 0 spiro atoms. The van der Waals surface area contributed by atoms with Gasteiger partial charge in [0.05, 0.1) is 38.6 Å². The van der Waals surface area contributed by atoms with Crippen LogP contribution >= 0.6 is 94.1 Å². The van der Waals surface area contributed by atoms with Crippen molar-refractivity contribution in [2.24, 2.45) is 0 Å². The molecule has 0 aromatic heterocycles. The molecule has 0 saturated heterocycles. The molecule has 4 rings (SSSR count). The van der Waals surface area contributed by atoms with Crippen LogP contribution in [0, 0.1) is 0 Å². The summed E-state index contributed by atoms with van der Waals surface area (Å²) in [5, 5.41) is 19.2. The van der Waals surface area contributed by atoms with E-state index in [-0.39, 0.29) is 23.7 Å². The van der Waals surface area contributed by atoms with Crippen LogP contribution in [0.5, 0.6) is 0 Å². The average Bonchev–Trinajstić information content (AvgIpc) is 3.16. The van der Waals surface area contributed by atoms with Gasteiger partial charge in [-0.15, -0.1) is 47.0 Å². The van der Waals surface area contributed by atoms with Gasteiger partial charge in [0.15, 0.2) is 0 Å². The fourth-order valence-electron chi connectivity index (χ4n) is 2.04. The molecule has 0 fully saturated rings.